The maximum Gasteiger partial charge on any atom is 0.303 e. The number of carbonyl (C=O) groups excluding carboxylic acids is 1. The minimum atomic E-state index is -0.892. The third-order valence-electron chi connectivity index (χ3n) is 3.03. The van der Waals surface area contributed by atoms with Crippen molar-refractivity contribution in [2.45, 2.75) is 57.0 Å². The Kier molecular flexibility index (Phi) is 5.25. The molecule has 0 saturated heterocycles. The van der Waals surface area contributed by atoms with Crippen LogP contribution < -0.4 is 11.1 Å². The molecule has 1 rings (SSSR count). The minimum absolute atomic E-state index is 0.0205. The Morgan fingerprint density at radius 2 is 1.94 bits per heavy atom. The van der Waals surface area contributed by atoms with Gasteiger partial charge in [-0.2, -0.15) is 0 Å². The van der Waals surface area contributed by atoms with Crippen molar-refractivity contribution in [3.63, 3.8) is 0 Å². The molecule has 92 valence electrons. The predicted octanol–water partition coefficient (Wildman–Crippen LogP) is 0.627. The molecule has 0 bridgehead atoms. The van der Waals surface area contributed by atoms with Crippen molar-refractivity contribution >= 4 is 11.9 Å². The highest BCUT2D eigenvalue weighted by molar-refractivity contribution is 5.80. The number of hydrogen-bond donors (Lipinski definition) is 3. The van der Waals surface area contributed by atoms with Crippen molar-refractivity contribution in [1.29, 1.82) is 0 Å². The SMILES string of the molecule is NC(=O)[C@H](CCC(=O)O)NC1CCCCC1. The van der Waals surface area contributed by atoms with Gasteiger partial charge in [0.2, 0.25) is 5.91 Å². The number of carboxylic acids is 1. The molecule has 1 saturated carbocycles. The number of primary amides is 1. The summed E-state index contributed by atoms with van der Waals surface area (Å²) in [4.78, 5) is 21.6. The van der Waals surface area contributed by atoms with Crippen LogP contribution in [0.15, 0.2) is 0 Å². The van der Waals surface area contributed by atoms with Gasteiger partial charge in [-0.15, -0.1) is 0 Å². The summed E-state index contributed by atoms with van der Waals surface area (Å²) in [6.07, 6.45) is 5.95. The molecule has 0 aliphatic heterocycles. The lowest BCUT2D eigenvalue weighted by atomic mass is 9.94. The van der Waals surface area contributed by atoms with Gasteiger partial charge in [0.05, 0.1) is 6.04 Å². The van der Waals surface area contributed by atoms with Crippen molar-refractivity contribution in [3.05, 3.63) is 0 Å². The average molecular weight is 228 g/mol. The molecule has 0 heterocycles. The highest BCUT2D eigenvalue weighted by atomic mass is 16.4. The van der Waals surface area contributed by atoms with E-state index in [2.05, 4.69) is 5.32 Å². The number of aliphatic carboxylic acids is 1. The first-order chi connectivity index (χ1) is 7.59. The number of nitrogens with two attached hydrogens (primary N) is 1. The van der Waals surface area contributed by atoms with Crippen LogP contribution in [0.1, 0.15) is 44.9 Å². The molecule has 0 radical (unpaired) electrons. The van der Waals surface area contributed by atoms with E-state index < -0.39 is 17.9 Å². The molecular weight excluding hydrogens is 208 g/mol. The van der Waals surface area contributed by atoms with Crippen LogP contribution in [0.25, 0.3) is 0 Å². The van der Waals surface area contributed by atoms with Crippen LogP contribution >= 0.6 is 0 Å². The van der Waals surface area contributed by atoms with Crippen molar-refractivity contribution in [3.8, 4) is 0 Å². The molecular formula is C11H20N2O3. The van der Waals surface area contributed by atoms with Gasteiger partial charge in [-0.3, -0.25) is 9.59 Å². The highest BCUT2D eigenvalue weighted by Gasteiger charge is 2.21. The van der Waals surface area contributed by atoms with Gasteiger partial charge in [0.25, 0.3) is 0 Å². The topological polar surface area (TPSA) is 92.4 Å². The number of rotatable bonds is 6. The quantitative estimate of drug-likeness (QED) is 0.621. The van der Waals surface area contributed by atoms with E-state index in [4.69, 9.17) is 10.8 Å². The summed E-state index contributed by atoms with van der Waals surface area (Å²) in [7, 11) is 0. The van der Waals surface area contributed by atoms with Gasteiger partial charge >= 0.3 is 5.97 Å². The van der Waals surface area contributed by atoms with Crippen molar-refractivity contribution in [1.82, 2.24) is 5.32 Å². The minimum Gasteiger partial charge on any atom is -0.481 e. The normalized spacial score (nSPS) is 19.2. The van der Waals surface area contributed by atoms with E-state index in [1.807, 2.05) is 0 Å². The first kappa shape index (κ1) is 13.0. The lowest BCUT2D eigenvalue weighted by molar-refractivity contribution is -0.137. The summed E-state index contributed by atoms with van der Waals surface area (Å²) in [6, 6.07) is -0.181. The zero-order valence-electron chi connectivity index (χ0n) is 9.45. The third-order valence-corrected chi connectivity index (χ3v) is 3.03. The number of carboxylic acid groups (broad SMARTS) is 1. The fourth-order valence-electron chi connectivity index (χ4n) is 2.13. The molecule has 5 heteroatoms. The fraction of sp³-hybridized carbons (Fsp3) is 0.818. The number of amides is 1. The molecule has 1 aliphatic rings. The summed E-state index contributed by atoms with van der Waals surface area (Å²) >= 11 is 0. The van der Waals surface area contributed by atoms with Gasteiger partial charge < -0.3 is 16.2 Å². The molecule has 0 aromatic rings. The molecule has 4 N–H and O–H groups in total. The van der Waals surface area contributed by atoms with Crippen LogP contribution in [0.2, 0.25) is 0 Å². The Bertz CT molecular complexity index is 250. The van der Waals surface area contributed by atoms with Crippen LogP contribution in [0.4, 0.5) is 0 Å². The van der Waals surface area contributed by atoms with Gasteiger partial charge in [-0.1, -0.05) is 19.3 Å². The Morgan fingerprint density at radius 1 is 1.31 bits per heavy atom. The summed E-state index contributed by atoms with van der Waals surface area (Å²) < 4.78 is 0. The second kappa shape index (κ2) is 6.48. The largest absolute Gasteiger partial charge is 0.481 e. The van der Waals surface area contributed by atoms with E-state index >= 15 is 0 Å². The van der Waals surface area contributed by atoms with E-state index in [0.717, 1.165) is 12.8 Å². The van der Waals surface area contributed by atoms with E-state index in [9.17, 15) is 9.59 Å². The van der Waals surface area contributed by atoms with Gasteiger partial charge in [0.1, 0.15) is 0 Å². The Labute approximate surface area is 95.4 Å². The smallest absolute Gasteiger partial charge is 0.303 e. The van der Waals surface area contributed by atoms with Gasteiger partial charge in [-0.25, -0.2) is 0 Å². The van der Waals surface area contributed by atoms with Crippen molar-refractivity contribution < 1.29 is 14.7 Å². The Morgan fingerprint density at radius 3 is 2.44 bits per heavy atom. The average Bonchev–Trinajstić information content (AvgIpc) is 2.25. The van der Waals surface area contributed by atoms with Crippen LogP contribution in [0, 0.1) is 0 Å². The molecule has 1 amide bonds. The Hall–Kier alpha value is -1.10. The van der Waals surface area contributed by atoms with E-state index in [1.165, 1.54) is 19.3 Å². The lowest BCUT2D eigenvalue weighted by Crippen LogP contribution is -2.47. The Balaban J connectivity index is 2.37. The van der Waals surface area contributed by atoms with Crippen LogP contribution in [-0.2, 0) is 9.59 Å². The fourth-order valence-corrected chi connectivity index (χ4v) is 2.13. The molecule has 0 spiro atoms. The maximum atomic E-state index is 11.2. The molecule has 1 atom stereocenters. The standard InChI is InChI=1S/C11H20N2O3/c12-11(16)9(6-7-10(14)15)13-8-4-2-1-3-5-8/h8-9,13H,1-7H2,(H2,12,16)(H,14,15)/t9-/m0/s1. The summed E-state index contributed by atoms with van der Waals surface area (Å²) in [5.74, 6) is -1.34. The highest BCUT2D eigenvalue weighted by Crippen LogP contribution is 2.18. The van der Waals surface area contributed by atoms with E-state index in [0.29, 0.717) is 6.04 Å². The monoisotopic (exact) mass is 228 g/mol. The number of hydrogen-bond acceptors (Lipinski definition) is 3. The zero-order chi connectivity index (χ0) is 12.0. The summed E-state index contributed by atoms with van der Waals surface area (Å²) in [5, 5.41) is 11.7. The van der Waals surface area contributed by atoms with Crippen molar-refractivity contribution in [2.75, 3.05) is 0 Å². The van der Waals surface area contributed by atoms with Crippen LogP contribution in [0.3, 0.4) is 0 Å². The van der Waals surface area contributed by atoms with Crippen molar-refractivity contribution in [2.24, 2.45) is 5.73 Å². The molecule has 0 aromatic carbocycles. The molecule has 16 heavy (non-hydrogen) atoms. The number of nitrogens with one attached hydrogen (secondary N) is 1. The van der Waals surface area contributed by atoms with Gasteiger partial charge in [-0.05, 0) is 19.3 Å². The van der Waals surface area contributed by atoms with Crippen LogP contribution in [0.5, 0.6) is 0 Å². The zero-order valence-corrected chi connectivity index (χ0v) is 9.45. The molecule has 0 aromatic heterocycles. The molecule has 1 fully saturated rings. The van der Waals surface area contributed by atoms with Gasteiger partial charge in [0, 0.05) is 12.5 Å². The molecule has 0 unspecified atom stereocenters. The number of carbonyl (C=O) groups is 2. The summed E-state index contributed by atoms with van der Waals surface area (Å²) in [5.41, 5.74) is 5.25. The maximum absolute atomic E-state index is 11.2. The predicted molar refractivity (Wildman–Crippen MR) is 59.9 cm³/mol. The molecule has 5 nitrogen and oxygen atoms in total. The first-order valence-electron chi connectivity index (χ1n) is 5.86. The molecule has 1 aliphatic carbocycles. The second-order valence-corrected chi connectivity index (χ2v) is 4.39. The lowest BCUT2D eigenvalue weighted by Gasteiger charge is -2.26. The summed E-state index contributed by atoms with van der Waals surface area (Å²) in [6.45, 7) is 0. The third kappa shape index (κ3) is 4.61. The van der Waals surface area contributed by atoms with Gasteiger partial charge in [0.15, 0.2) is 0 Å². The van der Waals surface area contributed by atoms with E-state index in [1.54, 1.807) is 0 Å². The second-order valence-electron chi connectivity index (χ2n) is 4.39. The first-order valence-corrected chi connectivity index (χ1v) is 5.86. The van der Waals surface area contributed by atoms with E-state index in [-0.39, 0.29) is 12.8 Å². The van der Waals surface area contributed by atoms with Crippen LogP contribution in [-0.4, -0.2) is 29.1 Å².